The summed E-state index contributed by atoms with van der Waals surface area (Å²) in [6.45, 7) is 0. The largest absolute Gasteiger partial charge is 0.496 e. The first kappa shape index (κ1) is 14.2. The van der Waals surface area contributed by atoms with Gasteiger partial charge >= 0.3 is 0 Å². The van der Waals surface area contributed by atoms with Gasteiger partial charge in [0.2, 0.25) is 0 Å². The molecule has 0 amide bonds. The van der Waals surface area contributed by atoms with E-state index in [0.717, 1.165) is 21.0 Å². The maximum atomic E-state index is 10.8. The van der Waals surface area contributed by atoms with Crippen molar-refractivity contribution in [3.8, 4) is 5.75 Å². The predicted octanol–water partition coefficient (Wildman–Crippen LogP) is 4.38. The Morgan fingerprint density at radius 3 is 2.82 bits per heavy atom. The number of nitro groups is 1. The molecule has 1 aromatic heterocycles. The molecule has 0 aliphatic rings. The number of aromatic nitrogens is 1. The molecule has 0 radical (unpaired) electrons. The summed E-state index contributed by atoms with van der Waals surface area (Å²) < 4.78 is 6.21. The Balaban J connectivity index is 1.93. The lowest BCUT2D eigenvalue weighted by Gasteiger charge is -2.02. The van der Waals surface area contributed by atoms with Crippen LogP contribution >= 0.6 is 11.3 Å². The van der Waals surface area contributed by atoms with Crippen molar-refractivity contribution in [1.29, 1.82) is 0 Å². The van der Waals surface area contributed by atoms with Crippen molar-refractivity contribution in [2.24, 2.45) is 0 Å². The quantitative estimate of drug-likeness (QED) is 0.529. The predicted molar refractivity (Wildman–Crippen MR) is 88.2 cm³/mol. The van der Waals surface area contributed by atoms with Crippen LogP contribution in [0.2, 0.25) is 0 Å². The highest BCUT2D eigenvalue weighted by molar-refractivity contribution is 7.19. The highest BCUT2D eigenvalue weighted by Crippen LogP contribution is 2.27. The molecule has 6 heteroatoms. The van der Waals surface area contributed by atoms with Gasteiger partial charge in [0.25, 0.3) is 5.69 Å². The minimum atomic E-state index is -0.414. The van der Waals surface area contributed by atoms with E-state index < -0.39 is 4.92 Å². The van der Waals surface area contributed by atoms with Crippen LogP contribution in [0.25, 0.3) is 22.4 Å². The fraction of sp³-hybridized carbons (Fsp3) is 0.0625. The fourth-order valence-electron chi connectivity index (χ4n) is 2.08. The van der Waals surface area contributed by atoms with Crippen LogP contribution in [0.5, 0.6) is 5.75 Å². The molecule has 0 aliphatic heterocycles. The molecule has 0 N–H and O–H groups in total. The summed E-state index contributed by atoms with van der Waals surface area (Å²) in [6, 6.07) is 12.4. The fourth-order valence-corrected chi connectivity index (χ4v) is 2.93. The summed E-state index contributed by atoms with van der Waals surface area (Å²) in [4.78, 5) is 14.8. The van der Waals surface area contributed by atoms with E-state index in [1.807, 2.05) is 36.4 Å². The number of ether oxygens (including phenoxy) is 1. The van der Waals surface area contributed by atoms with Gasteiger partial charge in [0.1, 0.15) is 10.8 Å². The molecule has 0 saturated heterocycles. The normalized spacial score (nSPS) is 11.1. The van der Waals surface area contributed by atoms with Gasteiger partial charge in [0.05, 0.1) is 22.2 Å². The van der Waals surface area contributed by atoms with Crippen molar-refractivity contribution < 1.29 is 9.66 Å². The number of nitrogens with zero attached hydrogens (tertiary/aromatic N) is 2. The molecule has 5 nitrogen and oxygen atoms in total. The Hall–Kier alpha value is -2.73. The van der Waals surface area contributed by atoms with Crippen LogP contribution < -0.4 is 4.74 Å². The van der Waals surface area contributed by atoms with Crippen molar-refractivity contribution >= 4 is 39.4 Å². The molecule has 0 fully saturated rings. The van der Waals surface area contributed by atoms with E-state index in [1.165, 1.54) is 23.5 Å². The minimum absolute atomic E-state index is 0.0538. The Bertz CT molecular complexity index is 871. The number of rotatable bonds is 4. The van der Waals surface area contributed by atoms with Crippen LogP contribution in [0.15, 0.2) is 42.5 Å². The monoisotopic (exact) mass is 312 g/mol. The average Bonchev–Trinajstić information content (AvgIpc) is 2.95. The van der Waals surface area contributed by atoms with Crippen LogP contribution in [0.3, 0.4) is 0 Å². The number of benzene rings is 2. The number of hydrogen-bond donors (Lipinski definition) is 0. The van der Waals surface area contributed by atoms with Gasteiger partial charge in [-0.2, -0.15) is 0 Å². The number of hydrogen-bond acceptors (Lipinski definition) is 5. The van der Waals surface area contributed by atoms with Crippen LogP contribution in [-0.2, 0) is 0 Å². The summed E-state index contributed by atoms with van der Waals surface area (Å²) in [5.74, 6) is 0.787. The van der Waals surface area contributed by atoms with E-state index in [0.29, 0.717) is 5.52 Å². The molecular formula is C16H12N2O3S. The Labute approximate surface area is 130 Å². The first-order chi connectivity index (χ1) is 10.7. The van der Waals surface area contributed by atoms with Gasteiger partial charge in [-0.1, -0.05) is 18.2 Å². The molecule has 3 aromatic rings. The van der Waals surface area contributed by atoms with E-state index in [1.54, 1.807) is 13.2 Å². The van der Waals surface area contributed by atoms with Gasteiger partial charge < -0.3 is 4.74 Å². The Morgan fingerprint density at radius 2 is 2.05 bits per heavy atom. The van der Waals surface area contributed by atoms with Gasteiger partial charge in [0, 0.05) is 17.7 Å². The zero-order valence-electron chi connectivity index (χ0n) is 11.7. The molecular weight excluding hydrogens is 300 g/mol. The van der Waals surface area contributed by atoms with Crippen LogP contribution in [-0.4, -0.2) is 17.0 Å². The van der Waals surface area contributed by atoms with Crippen LogP contribution in [0, 0.1) is 10.1 Å². The minimum Gasteiger partial charge on any atom is -0.496 e. The summed E-state index contributed by atoms with van der Waals surface area (Å²) in [5.41, 5.74) is 1.65. The SMILES string of the molecule is COc1ccccc1/C=C/c1nc2cc([N+](=O)[O-])ccc2s1. The van der Waals surface area contributed by atoms with Gasteiger partial charge in [-0.25, -0.2) is 4.98 Å². The molecule has 0 bridgehead atoms. The lowest BCUT2D eigenvalue weighted by molar-refractivity contribution is -0.384. The highest BCUT2D eigenvalue weighted by atomic mass is 32.1. The number of thiazole rings is 1. The van der Waals surface area contributed by atoms with Gasteiger partial charge in [-0.05, 0) is 24.3 Å². The standard InChI is InChI=1S/C16H12N2O3S/c1-21-14-5-3-2-4-11(14)6-9-16-17-13-10-12(18(19)20)7-8-15(13)22-16/h2-10H,1H3/b9-6+. The van der Waals surface area contributed by atoms with Gasteiger partial charge in [0.15, 0.2) is 0 Å². The Morgan fingerprint density at radius 1 is 1.23 bits per heavy atom. The number of fused-ring (bicyclic) bond motifs is 1. The maximum Gasteiger partial charge on any atom is 0.271 e. The molecule has 22 heavy (non-hydrogen) atoms. The molecule has 110 valence electrons. The first-order valence-corrected chi connectivity index (χ1v) is 7.35. The zero-order valence-corrected chi connectivity index (χ0v) is 12.5. The molecule has 0 aliphatic carbocycles. The second-order valence-corrected chi connectivity index (χ2v) is 5.60. The van der Waals surface area contributed by atoms with E-state index in [4.69, 9.17) is 4.74 Å². The molecule has 1 heterocycles. The molecule has 0 spiro atoms. The smallest absolute Gasteiger partial charge is 0.271 e. The number of non-ortho nitro benzene ring substituents is 1. The Kier molecular flexibility index (Phi) is 3.84. The number of methoxy groups -OCH3 is 1. The van der Waals surface area contributed by atoms with Crippen molar-refractivity contribution in [1.82, 2.24) is 4.98 Å². The van der Waals surface area contributed by atoms with E-state index >= 15 is 0 Å². The molecule has 0 saturated carbocycles. The van der Waals surface area contributed by atoms with Crippen LogP contribution in [0.4, 0.5) is 5.69 Å². The van der Waals surface area contributed by atoms with Crippen molar-refractivity contribution in [3.05, 3.63) is 63.1 Å². The highest BCUT2D eigenvalue weighted by Gasteiger charge is 2.09. The second-order valence-electron chi connectivity index (χ2n) is 4.54. The summed E-state index contributed by atoms with van der Waals surface area (Å²) in [5, 5.41) is 11.6. The topological polar surface area (TPSA) is 65.3 Å². The first-order valence-electron chi connectivity index (χ1n) is 6.53. The van der Waals surface area contributed by atoms with Gasteiger partial charge in [-0.15, -0.1) is 11.3 Å². The van der Waals surface area contributed by atoms with Crippen molar-refractivity contribution in [2.45, 2.75) is 0 Å². The summed E-state index contributed by atoms with van der Waals surface area (Å²) >= 11 is 1.49. The third kappa shape index (κ3) is 2.82. The number of para-hydroxylation sites is 1. The molecule has 0 atom stereocenters. The van der Waals surface area contributed by atoms with E-state index in [-0.39, 0.29) is 5.69 Å². The molecule has 3 rings (SSSR count). The lowest BCUT2D eigenvalue weighted by Crippen LogP contribution is -1.86. The van der Waals surface area contributed by atoms with Gasteiger partial charge in [-0.3, -0.25) is 10.1 Å². The zero-order chi connectivity index (χ0) is 15.5. The van der Waals surface area contributed by atoms with Crippen molar-refractivity contribution in [2.75, 3.05) is 7.11 Å². The third-order valence-electron chi connectivity index (χ3n) is 3.14. The maximum absolute atomic E-state index is 10.8. The average molecular weight is 312 g/mol. The lowest BCUT2D eigenvalue weighted by atomic mass is 10.2. The van der Waals surface area contributed by atoms with E-state index in [9.17, 15) is 10.1 Å². The van der Waals surface area contributed by atoms with E-state index in [2.05, 4.69) is 4.98 Å². The van der Waals surface area contributed by atoms with Crippen molar-refractivity contribution in [3.63, 3.8) is 0 Å². The second kappa shape index (κ2) is 5.95. The third-order valence-corrected chi connectivity index (χ3v) is 4.14. The molecule has 2 aromatic carbocycles. The molecule has 0 unspecified atom stereocenters. The number of nitro benzene ring substituents is 1. The summed E-state index contributed by atoms with van der Waals surface area (Å²) in [6.07, 6.45) is 3.80. The van der Waals surface area contributed by atoms with Crippen LogP contribution in [0.1, 0.15) is 10.6 Å². The summed E-state index contributed by atoms with van der Waals surface area (Å²) in [7, 11) is 1.63.